The molecule has 1 aliphatic rings. The van der Waals surface area contributed by atoms with Gasteiger partial charge in [-0.2, -0.15) is 0 Å². The fraction of sp³-hybridized carbons (Fsp3) is 0.316. The lowest BCUT2D eigenvalue weighted by Crippen LogP contribution is -2.24. The first-order valence-electron chi connectivity index (χ1n) is 8.08. The van der Waals surface area contributed by atoms with Crippen molar-refractivity contribution in [2.45, 2.75) is 19.3 Å². The number of hydrogen-bond donors (Lipinski definition) is 2. The number of phenols is 1. The van der Waals surface area contributed by atoms with Crippen LogP contribution in [0.4, 0.5) is 5.69 Å². The van der Waals surface area contributed by atoms with Crippen molar-refractivity contribution in [2.75, 3.05) is 26.1 Å². The number of ether oxygens (including phenoxy) is 3. The van der Waals surface area contributed by atoms with Crippen molar-refractivity contribution in [3.63, 3.8) is 0 Å². The van der Waals surface area contributed by atoms with E-state index in [9.17, 15) is 9.90 Å². The molecule has 3 rings (SSSR count). The second-order valence-electron chi connectivity index (χ2n) is 5.76. The number of phenolic OH excluding ortho intramolecular Hbond substituents is 1. The van der Waals surface area contributed by atoms with E-state index in [0.29, 0.717) is 29.5 Å². The molecule has 1 heterocycles. The second kappa shape index (κ2) is 6.93. The van der Waals surface area contributed by atoms with Gasteiger partial charge in [0.05, 0.1) is 26.5 Å². The van der Waals surface area contributed by atoms with Gasteiger partial charge in [0.25, 0.3) is 0 Å². The Labute approximate surface area is 146 Å². The summed E-state index contributed by atoms with van der Waals surface area (Å²) in [4.78, 5) is 12.2. The largest absolute Gasteiger partial charge is 0.504 e. The molecule has 1 atom stereocenters. The summed E-state index contributed by atoms with van der Waals surface area (Å²) in [5.74, 6) is 1.44. The zero-order valence-corrected chi connectivity index (χ0v) is 14.5. The predicted molar refractivity (Wildman–Crippen MR) is 93.9 cm³/mol. The fourth-order valence-electron chi connectivity index (χ4n) is 3.14. The van der Waals surface area contributed by atoms with E-state index in [1.165, 1.54) is 0 Å². The second-order valence-corrected chi connectivity index (χ2v) is 5.76. The van der Waals surface area contributed by atoms with Gasteiger partial charge in [0.1, 0.15) is 11.5 Å². The van der Waals surface area contributed by atoms with Gasteiger partial charge in [-0.05, 0) is 24.6 Å². The van der Waals surface area contributed by atoms with Gasteiger partial charge in [-0.1, -0.05) is 6.07 Å². The van der Waals surface area contributed by atoms with Crippen molar-refractivity contribution >= 4 is 11.6 Å². The van der Waals surface area contributed by atoms with E-state index in [1.807, 2.05) is 6.92 Å². The molecule has 1 unspecified atom stereocenters. The van der Waals surface area contributed by atoms with E-state index in [-0.39, 0.29) is 24.0 Å². The highest BCUT2D eigenvalue weighted by atomic mass is 16.5. The SMILES string of the molecule is CCOc1cc(C2CC(=O)Nc3cc(OC)cc(OC)c32)ccc1O. The minimum absolute atomic E-state index is 0.0766. The van der Waals surface area contributed by atoms with Gasteiger partial charge < -0.3 is 24.6 Å². The van der Waals surface area contributed by atoms with Crippen LogP contribution in [-0.4, -0.2) is 31.8 Å². The molecule has 0 saturated carbocycles. The molecule has 132 valence electrons. The summed E-state index contributed by atoms with van der Waals surface area (Å²) in [5, 5.41) is 12.8. The van der Waals surface area contributed by atoms with E-state index in [2.05, 4.69) is 5.32 Å². The Morgan fingerprint density at radius 1 is 1.16 bits per heavy atom. The van der Waals surface area contributed by atoms with E-state index in [0.717, 1.165) is 11.1 Å². The fourth-order valence-corrected chi connectivity index (χ4v) is 3.14. The number of carbonyl (C=O) groups is 1. The number of rotatable bonds is 5. The first-order valence-corrected chi connectivity index (χ1v) is 8.08. The number of anilines is 1. The maximum atomic E-state index is 12.2. The highest BCUT2D eigenvalue weighted by molar-refractivity contribution is 5.96. The average Bonchev–Trinajstić information content (AvgIpc) is 2.61. The smallest absolute Gasteiger partial charge is 0.225 e. The maximum Gasteiger partial charge on any atom is 0.225 e. The van der Waals surface area contributed by atoms with Crippen molar-refractivity contribution in [3.05, 3.63) is 41.5 Å². The van der Waals surface area contributed by atoms with Gasteiger partial charge in [0.15, 0.2) is 11.5 Å². The maximum absolute atomic E-state index is 12.2. The molecule has 0 radical (unpaired) electrons. The molecule has 0 fully saturated rings. The molecule has 0 aromatic heterocycles. The normalized spacial score (nSPS) is 16.0. The third kappa shape index (κ3) is 3.20. The predicted octanol–water partition coefficient (Wildman–Crippen LogP) is 3.28. The molecule has 6 heteroatoms. The summed E-state index contributed by atoms with van der Waals surface area (Å²) in [5.41, 5.74) is 2.43. The van der Waals surface area contributed by atoms with E-state index < -0.39 is 0 Å². The topological polar surface area (TPSA) is 77.0 Å². The van der Waals surface area contributed by atoms with Crippen LogP contribution in [0.5, 0.6) is 23.0 Å². The summed E-state index contributed by atoms with van der Waals surface area (Å²) in [7, 11) is 3.16. The number of hydrogen-bond acceptors (Lipinski definition) is 5. The number of benzene rings is 2. The number of carbonyl (C=O) groups excluding carboxylic acids is 1. The lowest BCUT2D eigenvalue weighted by Gasteiger charge is -2.28. The lowest BCUT2D eigenvalue weighted by atomic mass is 9.84. The van der Waals surface area contributed by atoms with Gasteiger partial charge in [-0.25, -0.2) is 0 Å². The molecule has 2 aromatic carbocycles. The third-order valence-corrected chi connectivity index (χ3v) is 4.27. The minimum atomic E-state index is -0.204. The Morgan fingerprint density at radius 2 is 1.96 bits per heavy atom. The Morgan fingerprint density at radius 3 is 2.64 bits per heavy atom. The molecule has 0 spiro atoms. The van der Waals surface area contributed by atoms with Crippen LogP contribution in [0.25, 0.3) is 0 Å². The van der Waals surface area contributed by atoms with Crippen molar-refractivity contribution in [1.82, 2.24) is 0 Å². The van der Waals surface area contributed by atoms with Crippen molar-refractivity contribution in [2.24, 2.45) is 0 Å². The van der Waals surface area contributed by atoms with Gasteiger partial charge in [0.2, 0.25) is 5.91 Å². The van der Waals surface area contributed by atoms with Crippen molar-refractivity contribution < 1.29 is 24.1 Å². The highest BCUT2D eigenvalue weighted by Crippen LogP contribution is 2.46. The zero-order chi connectivity index (χ0) is 18.0. The molecule has 0 bridgehead atoms. The number of aromatic hydroxyl groups is 1. The van der Waals surface area contributed by atoms with Crippen molar-refractivity contribution in [1.29, 1.82) is 0 Å². The molecule has 1 aliphatic heterocycles. The van der Waals surface area contributed by atoms with Crippen LogP contribution < -0.4 is 19.5 Å². The summed E-state index contributed by atoms with van der Waals surface area (Å²) in [6.07, 6.45) is 0.284. The monoisotopic (exact) mass is 343 g/mol. The van der Waals surface area contributed by atoms with Crippen LogP contribution >= 0.6 is 0 Å². The molecule has 25 heavy (non-hydrogen) atoms. The van der Waals surface area contributed by atoms with Crippen LogP contribution in [0, 0.1) is 0 Å². The molecule has 0 aliphatic carbocycles. The minimum Gasteiger partial charge on any atom is -0.504 e. The summed E-state index contributed by atoms with van der Waals surface area (Å²) in [6, 6.07) is 8.74. The standard InChI is InChI=1S/C19H21NO5/c1-4-25-16-7-11(5-6-15(16)21)13-10-18(22)20-14-8-12(23-2)9-17(24-3)19(13)14/h5-9,13,21H,4,10H2,1-3H3,(H,20,22). The van der Waals surface area contributed by atoms with Gasteiger partial charge in [-0.15, -0.1) is 0 Å². The molecule has 1 amide bonds. The van der Waals surface area contributed by atoms with Gasteiger partial charge in [0, 0.05) is 30.0 Å². The molecular formula is C19H21NO5. The van der Waals surface area contributed by atoms with E-state index in [1.54, 1.807) is 44.6 Å². The Hall–Kier alpha value is -2.89. The molecule has 2 aromatic rings. The van der Waals surface area contributed by atoms with Crippen LogP contribution in [0.3, 0.4) is 0 Å². The van der Waals surface area contributed by atoms with Crippen LogP contribution in [-0.2, 0) is 4.79 Å². The number of amides is 1. The zero-order valence-electron chi connectivity index (χ0n) is 14.5. The summed E-state index contributed by atoms with van der Waals surface area (Å²) in [6.45, 7) is 2.30. The van der Waals surface area contributed by atoms with Crippen LogP contribution in [0.1, 0.15) is 30.4 Å². The van der Waals surface area contributed by atoms with E-state index >= 15 is 0 Å². The Bertz CT molecular complexity index is 803. The van der Waals surface area contributed by atoms with Crippen LogP contribution in [0.2, 0.25) is 0 Å². The van der Waals surface area contributed by atoms with Gasteiger partial charge in [-0.3, -0.25) is 4.79 Å². The number of methoxy groups -OCH3 is 2. The molecular weight excluding hydrogens is 322 g/mol. The lowest BCUT2D eigenvalue weighted by molar-refractivity contribution is -0.116. The van der Waals surface area contributed by atoms with E-state index in [4.69, 9.17) is 14.2 Å². The summed E-state index contributed by atoms with van der Waals surface area (Å²) < 4.78 is 16.3. The van der Waals surface area contributed by atoms with Crippen molar-refractivity contribution in [3.8, 4) is 23.0 Å². The first-order chi connectivity index (χ1) is 12.1. The Balaban J connectivity index is 2.13. The third-order valence-electron chi connectivity index (χ3n) is 4.27. The first kappa shape index (κ1) is 17.0. The van der Waals surface area contributed by atoms with Crippen LogP contribution in [0.15, 0.2) is 30.3 Å². The summed E-state index contributed by atoms with van der Waals surface area (Å²) >= 11 is 0. The Kier molecular flexibility index (Phi) is 4.70. The average molecular weight is 343 g/mol. The number of nitrogens with one attached hydrogen (secondary N) is 1. The quantitative estimate of drug-likeness (QED) is 0.871. The van der Waals surface area contributed by atoms with Gasteiger partial charge >= 0.3 is 0 Å². The highest BCUT2D eigenvalue weighted by Gasteiger charge is 2.31. The molecule has 2 N–H and O–H groups in total. The number of fused-ring (bicyclic) bond motifs is 1. The molecule has 6 nitrogen and oxygen atoms in total. The molecule has 0 saturated heterocycles.